The van der Waals surface area contributed by atoms with Gasteiger partial charge in [0.05, 0.1) is 17.4 Å². The molecule has 1 amide bonds. The molecule has 2 aliphatic rings. The molecule has 120 valence electrons. The number of thiophene rings is 1. The van der Waals surface area contributed by atoms with Crippen molar-refractivity contribution in [3.8, 4) is 0 Å². The fourth-order valence-corrected chi connectivity index (χ4v) is 4.59. The number of hydrogen-bond acceptors (Lipinski definition) is 4. The van der Waals surface area contributed by atoms with Crippen LogP contribution in [0.1, 0.15) is 52.7 Å². The van der Waals surface area contributed by atoms with E-state index in [0.717, 1.165) is 37.1 Å². The highest BCUT2D eigenvalue weighted by atomic mass is 32.1. The summed E-state index contributed by atoms with van der Waals surface area (Å²) in [6, 6.07) is 2.08. The molecule has 0 spiro atoms. The van der Waals surface area contributed by atoms with Gasteiger partial charge in [-0.2, -0.15) is 0 Å². The van der Waals surface area contributed by atoms with Gasteiger partial charge in [0, 0.05) is 18.0 Å². The smallest absolute Gasteiger partial charge is 0.310 e. The first kappa shape index (κ1) is 15.5. The maximum atomic E-state index is 12.7. The molecule has 1 fully saturated rings. The van der Waals surface area contributed by atoms with E-state index < -0.39 is 0 Å². The zero-order chi connectivity index (χ0) is 15.5. The van der Waals surface area contributed by atoms with Crippen molar-refractivity contribution < 1.29 is 14.3 Å². The lowest BCUT2D eigenvalue weighted by atomic mass is 9.97. The Morgan fingerprint density at radius 2 is 2.14 bits per heavy atom. The van der Waals surface area contributed by atoms with E-state index in [-0.39, 0.29) is 17.8 Å². The van der Waals surface area contributed by atoms with Crippen molar-refractivity contribution in [2.24, 2.45) is 5.92 Å². The Balaban J connectivity index is 1.69. The van der Waals surface area contributed by atoms with Crippen LogP contribution in [-0.4, -0.2) is 36.5 Å². The molecule has 0 radical (unpaired) electrons. The predicted octanol–water partition coefficient (Wildman–Crippen LogP) is 3.04. The maximum absolute atomic E-state index is 12.7. The van der Waals surface area contributed by atoms with Crippen LogP contribution in [0.3, 0.4) is 0 Å². The summed E-state index contributed by atoms with van der Waals surface area (Å²) >= 11 is 1.65. The van der Waals surface area contributed by atoms with Crippen LogP contribution in [-0.2, 0) is 22.4 Å². The lowest BCUT2D eigenvalue weighted by Gasteiger charge is -2.31. The standard InChI is InChI=1S/C17H23NO3S/c1-2-21-17(20)13-7-5-9-18(11-13)16(19)15-10-12-6-3-4-8-14(12)22-15/h10,13H,2-9,11H2,1H3/t13-/m1/s1. The second kappa shape index (κ2) is 6.82. The number of carbonyl (C=O) groups is 2. The normalized spacial score (nSPS) is 21.3. The number of hydrogen-bond donors (Lipinski definition) is 0. The van der Waals surface area contributed by atoms with Crippen LogP contribution < -0.4 is 0 Å². The molecular weight excluding hydrogens is 298 g/mol. The summed E-state index contributed by atoms with van der Waals surface area (Å²) in [4.78, 5) is 28.7. The monoisotopic (exact) mass is 321 g/mol. The van der Waals surface area contributed by atoms with Gasteiger partial charge in [0.25, 0.3) is 5.91 Å². The average Bonchev–Trinajstić information content (AvgIpc) is 2.98. The van der Waals surface area contributed by atoms with Crippen molar-refractivity contribution in [1.29, 1.82) is 0 Å². The zero-order valence-corrected chi connectivity index (χ0v) is 13.9. The lowest BCUT2D eigenvalue weighted by Crippen LogP contribution is -2.42. The van der Waals surface area contributed by atoms with Crippen LogP contribution in [0, 0.1) is 5.92 Å². The van der Waals surface area contributed by atoms with E-state index in [1.165, 1.54) is 23.3 Å². The minimum atomic E-state index is -0.162. The van der Waals surface area contributed by atoms with Gasteiger partial charge < -0.3 is 9.64 Å². The zero-order valence-electron chi connectivity index (χ0n) is 13.1. The second-order valence-electron chi connectivity index (χ2n) is 6.11. The Bertz CT molecular complexity index is 543. The number of rotatable bonds is 3. The minimum absolute atomic E-state index is 0.0911. The molecular formula is C17H23NO3S. The highest BCUT2D eigenvalue weighted by Gasteiger charge is 2.30. The molecule has 1 aliphatic heterocycles. The van der Waals surface area contributed by atoms with E-state index in [1.807, 2.05) is 11.8 Å². The number of amides is 1. The highest BCUT2D eigenvalue weighted by Crippen LogP contribution is 2.31. The molecule has 0 saturated carbocycles. The SMILES string of the molecule is CCOC(=O)[C@@H]1CCCN(C(=O)c2cc3c(s2)CCCC3)C1. The second-order valence-corrected chi connectivity index (χ2v) is 7.25. The van der Waals surface area contributed by atoms with Crippen LogP contribution in [0.4, 0.5) is 0 Å². The van der Waals surface area contributed by atoms with E-state index in [4.69, 9.17) is 4.74 Å². The first-order chi connectivity index (χ1) is 10.7. The molecule has 0 aromatic carbocycles. The Labute approximate surface area is 135 Å². The third kappa shape index (κ3) is 3.19. The summed E-state index contributed by atoms with van der Waals surface area (Å²) in [6.07, 6.45) is 6.37. The van der Waals surface area contributed by atoms with Crippen molar-refractivity contribution in [2.45, 2.75) is 45.4 Å². The van der Waals surface area contributed by atoms with E-state index >= 15 is 0 Å². The van der Waals surface area contributed by atoms with Crippen molar-refractivity contribution in [1.82, 2.24) is 4.90 Å². The quantitative estimate of drug-likeness (QED) is 0.804. The van der Waals surface area contributed by atoms with E-state index in [1.54, 1.807) is 11.3 Å². The van der Waals surface area contributed by atoms with Gasteiger partial charge in [-0.1, -0.05) is 0 Å². The lowest BCUT2D eigenvalue weighted by molar-refractivity contribution is -0.149. The fourth-order valence-electron chi connectivity index (χ4n) is 3.37. The first-order valence-corrected chi connectivity index (χ1v) is 9.08. The van der Waals surface area contributed by atoms with Crippen LogP contribution >= 0.6 is 11.3 Å². The number of carbonyl (C=O) groups excluding carboxylic acids is 2. The summed E-state index contributed by atoms with van der Waals surface area (Å²) in [7, 11) is 0. The summed E-state index contributed by atoms with van der Waals surface area (Å²) in [6.45, 7) is 3.47. The maximum Gasteiger partial charge on any atom is 0.310 e. The molecule has 1 aromatic rings. The molecule has 0 N–H and O–H groups in total. The number of fused-ring (bicyclic) bond motifs is 1. The first-order valence-electron chi connectivity index (χ1n) is 8.26. The molecule has 4 nitrogen and oxygen atoms in total. The van der Waals surface area contributed by atoms with Crippen LogP contribution in [0.25, 0.3) is 0 Å². The molecule has 1 saturated heterocycles. The van der Waals surface area contributed by atoms with Gasteiger partial charge in [0.2, 0.25) is 0 Å². The van der Waals surface area contributed by atoms with Gasteiger partial charge in [0.15, 0.2) is 0 Å². The molecule has 1 atom stereocenters. The fraction of sp³-hybridized carbons (Fsp3) is 0.647. The number of ether oxygens (including phenoxy) is 1. The third-order valence-corrected chi connectivity index (χ3v) is 5.76. The van der Waals surface area contributed by atoms with Gasteiger partial charge in [-0.25, -0.2) is 0 Å². The summed E-state index contributed by atoms with van der Waals surface area (Å²) < 4.78 is 5.11. The van der Waals surface area contributed by atoms with Gasteiger partial charge in [-0.15, -0.1) is 11.3 Å². The number of piperidine rings is 1. The number of esters is 1. The van der Waals surface area contributed by atoms with E-state index in [9.17, 15) is 9.59 Å². The molecule has 2 heterocycles. The topological polar surface area (TPSA) is 46.6 Å². The van der Waals surface area contributed by atoms with Gasteiger partial charge in [-0.3, -0.25) is 9.59 Å². The summed E-state index contributed by atoms with van der Waals surface area (Å²) in [5.74, 6) is -0.230. The Kier molecular flexibility index (Phi) is 4.81. The summed E-state index contributed by atoms with van der Waals surface area (Å²) in [5.41, 5.74) is 1.36. The van der Waals surface area contributed by atoms with E-state index in [2.05, 4.69) is 6.07 Å². The minimum Gasteiger partial charge on any atom is -0.466 e. The molecule has 5 heteroatoms. The average molecular weight is 321 g/mol. The third-order valence-electron chi connectivity index (χ3n) is 4.54. The number of nitrogens with zero attached hydrogens (tertiary/aromatic N) is 1. The Hall–Kier alpha value is -1.36. The number of aryl methyl sites for hydroxylation is 2. The molecule has 1 aliphatic carbocycles. The van der Waals surface area contributed by atoms with Crippen molar-refractivity contribution in [3.63, 3.8) is 0 Å². The molecule has 0 bridgehead atoms. The van der Waals surface area contributed by atoms with Crippen LogP contribution in [0.2, 0.25) is 0 Å². The van der Waals surface area contributed by atoms with Gasteiger partial charge >= 0.3 is 5.97 Å². The Morgan fingerprint density at radius 1 is 1.32 bits per heavy atom. The van der Waals surface area contributed by atoms with Crippen molar-refractivity contribution in [3.05, 3.63) is 21.4 Å². The summed E-state index contributed by atoms with van der Waals surface area (Å²) in [5, 5.41) is 0. The molecule has 1 aromatic heterocycles. The molecule has 0 unspecified atom stereocenters. The number of likely N-dealkylation sites (tertiary alicyclic amines) is 1. The predicted molar refractivity (Wildman–Crippen MR) is 86.2 cm³/mol. The van der Waals surface area contributed by atoms with Gasteiger partial charge in [0.1, 0.15) is 0 Å². The van der Waals surface area contributed by atoms with E-state index in [0.29, 0.717) is 13.2 Å². The molecule has 3 rings (SSSR count). The van der Waals surface area contributed by atoms with Crippen LogP contribution in [0.15, 0.2) is 6.07 Å². The highest BCUT2D eigenvalue weighted by molar-refractivity contribution is 7.14. The largest absolute Gasteiger partial charge is 0.466 e. The molecule has 22 heavy (non-hydrogen) atoms. The van der Waals surface area contributed by atoms with Gasteiger partial charge in [-0.05, 0) is 57.1 Å². The van der Waals surface area contributed by atoms with Crippen molar-refractivity contribution >= 4 is 23.2 Å². The van der Waals surface area contributed by atoms with Crippen LogP contribution in [0.5, 0.6) is 0 Å². The Morgan fingerprint density at radius 3 is 2.91 bits per heavy atom. The van der Waals surface area contributed by atoms with Crippen molar-refractivity contribution in [2.75, 3.05) is 19.7 Å².